The molecule has 0 fully saturated rings. The lowest BCUT2D eigenvalue weighted by Gasteiger charge is -2.18. The molecule has 0 radical (unpaired) electrons. The summed E-state index contributed by atoms with van der Waals surface area (Å²) >= 11 is 0. The fourth-order valence-corrected chi connectivity index (χ4v) is 0.700. The second-order valence-corrected chi connectivity index (χ2v) is 3.43. The molecule has 0 aromatic carbocycles. The fraction of sp³-hybridized carbons (Fsp3) is 0.444. The Hall–Kier alpha value is -1.25. The lowest BCUT2D eigenvalue weighted by atomic mass is 9.87. The van der Waals surface area contributed by atoms with Gasteiger partial charge in [0, 0.05) is 6.20 Å². The standard InChI is InChI=1S/C9H15N3/c1-5-8(9(2,3)4)6-11-7-12-10/h5-7,10H,1H2,2-4H3/b8-6+,11-7-,12-10?. The van der Waals surface area contributed by atoms with E-state index in [2.05, 4.69) is 37.5 Å². The molecule has 0 aliphatic carbocycles. The maximum absolute atomic E-state index is 6.48. The summed E-state index contributed by atoms with van der Waals surface area (Å²) in [7, 11) is 0. The van der Waals surface area contributed by atoms with Gasteiger partial charge in [0.2, 0.25) is 0 Å². The molecule has 1 N–H and O–H groups in total. The Morgan fingerprint density at radius 1 is 1.42 bits per heavy atom. The van der Waals surface area contributed by atoms with Crippen molar-refractivity contribution in [1.82, 2.24) is 0 Å². The van der Waals surface area contributed by atoms with Crippen LogP contribution in [0.15, 0.2) is 34.5 Å². The summed E-state index contributed by atoms with van der Waals surface area (Å²) in [6.07, 6.45) is 4.63. The highest BCUT2D eigenvalue weighted by atomic mass is 15.0. The summed E-state index contributed by atoms with van der Waals surface area (Å²) in [5, 5.41) is 3.00. The zero-order valence-corrected chi connectivity index (χ0v) is 7.83. The van der Waals surface area contributed by atoms with E-state index < -0.39 is 0 Å². The van der Waals surface area contributed by atoms with Crippen LogP contribution in [-0.2, 0) is 0 Å². The molecule has 0 aliphatic rings. The van der Waals surface area contributed by atoms with Gasteiger partial charge in [0.1, 0.15) is 6.34 Å². The molecule has 0 amide bonds. The minimum atomic E-state index is 0.0428. The van der Waals surface area contributed by atoms with Crippen molar-refractivity contribution in [2.75, 3.05) is 0 Å². The molecule has 0 atom stereocenters. The normalized spacial score (nSPS) is 13.4. The van der Waals surface area contributed by atoms with Crippen LogP contribution in [0.4, 0.5) is 0 Å². The molecule has 0 saturated carbocycles. The molecule has 0 aromatic rings. The van der Waals surface area contributed by atoms with E-state index in [1.165, 1.54) is 6.34 Å². The summed E-state index contributed by atoms with van der Waals surface area (Å²) in [6, 6.07) is 0. The van der Waals surface area contributed by atoms with Crippen molar-refractivity contribution in [2.45, 2.75) is 20.8 Å². The Morgan fingerprint density at radius 2 is 2.00 bits per heavy atom. The van der Waals surface area contributed by atoms with Gasteiger partial charge in [-0.2, -0.15) is 0 Å². The van der Waals surface area contributed by atoms with Gasteiger partial charge >= 0.3 is 0 Å². The van der Waals surface area contributed by atoms with Crippen LogP contribution >= 0.6 is 0 Å². The van der Waals surface area contributed by atoms with Gasteiger partial charge in [0.05, 0.1) is 0 Å². The maximum Gasteiger partial charge on any atom is 0.137 e. The third kappa shape index (κ3) is 3.81. The Morgan fingerprint density at radius 3 is 2.33 bits per heavy atom. The van der Waals surface area contributed by atoms with Gasteiger partial charge < -0.3 is 0 Å². The van der Waals surface area contributed by atoms with E-state index in [0.29, 0.717) is 0 Å². The van der Waals surface area contributed by atoms with Crippen LogP contribution in [0, 0.1) is 10.9 Å². The molecule has 0 spiro atoms. The number of nitrogens with one attached hydrogen (secondary N) is 1. The van der Waals surface area contributed by atoms with Crippen molar-refractivity contribution < 1.29 is 0 Å². The van der Waals surface area contributed by atoms with Crippen molar-refractivity contribution in [2.24, 2.45) is 15.5 Å². The first-order valence-corrected chi connectivity index (χ1v) is 3.73. The van der Waals surface area contributed by atoms with E-state index in [-0.39, 0.29) is 5.41 Å². The van der Waals surface area contributed by atoms with Gasteiger partial charge in [-0.15, -0.1) is 5.11 Å². The number of allylic oxidation sites excluding steroid dienone is 2. The summed E-state index contributed by atoms with van der Waals surface area (Å²) in [4.78, 5) is 3.82. The molecule has 66 valence electrons. The molecule has 12 heavy (non-hydrogen) atoms. The Labute approximate surface area is 73.4 Å². The number of aliphatic imine (C=N–C) groups is 1. The molecule has 0 aliphatic heterocycles. The molecule has 0 heterocycles. The molecule has 0 unspecified atom stereocenters. The smallest absolute Gasteiger partial charge is 0.137 e. The van der Waals surface area contributed by atoms with Crippen LogP contribution in [0.5, 0.6) is 0 Å². The highest BCUT2D eigenvalue weighted by molar-refractivity contribution is 5.55. The van der Waals surface area contributed by atoms with E-state index in [9.17, 15) is 0 Å². The minimum absolute atomic E-state index is 0.0428. The number of nitrogens with zero attached hydrogens (tertiary/aromatic N) is 2. The highest BCUT2D eigenvalue weighted by Gasteiger charge is 2.13. The second-order valence-electron chi connectivity index (χ2n) is 3.43. The maximum atomic E-state index is 6.48. The zero-order valence-electron chi connectivity index (χ0n) is 7.83. The Balaban J connectivity index is 4.55. The molecule has 0 saturated heterocycles. The monoisotopic (exact) mass is 165 g/mol. The van der Waals surface area contributed by atoms with Gasteiger partial charge in [-0.25, -0.2) is 10.5 Å². The average Bonchev–Trinajstić information content (AvgIpc) is 1.95. The molecular formula is C9H15N3. The lowest BCUT2D eigenvalue weighted by Crippen LogP contribution is -2.06. The van der Waals surface area contributed by atoms with E-state index in [0.717, 1.165) is 5.57 Å². The second kappa shape index (κ2) is 4.59. The van der Waals surface area contributed by atoms with Gasteiger partial charge in [-0.1, -0.05) is 33.4 Å². The van der Waals surface area contributed by atoms with E-state index in [4.69, 9.17) is 5.53 Å². The summed E-state index contributed by atoms with van der Waals surface area (Å²) in [5.41, 5.74) is 7.55. The first-order chi connectivity index (χ1) is 5.52. The van der Waals surface area contributed by atoms with Crippen LogP contribution in [-0.4, -0.2) is 6.34 Å². The van der Waals surface area contributed by atoms with Gasteiger partial charge in [0.15, 0.2) is 0 Å². The summed E-state index contributed by atoms with van der Waals surface area (Å²) < 4.78 is 0. The minimum Gasteiger partial charge on any atom is -0.243 e. The van der Waals surface area contributed by atoms with Gasteiger partial charge in [-0.05, 0) is 11.0 Å². The van der Waals surface area contributed by atoms with Gasteiger partial charge in [-0.3, -0.25) is 0 Å². The predicted octanol–water partition coefficient (Wildman–Crippen LogP) is 3.16. The molecular weight excluding hydrogens is 150 g/mol. The molecule has 0 bridgehead atoms. The topological polar surface area (TPSA) is 48.6 Å². The highest BCUT2D eigenvalue weighted by Crippen LogP contribution is 2.25. The number of hydrogen-bond donors (Lipinski definition) is 1. The van der Waals surface area contributed by atoms with Crippen LogP contribution in [0.25, 0.3) is 0 Å². The quantitative estimate of drug-likeness (QED) is 0.289. The van der Waals surface area contributed by atoms with Crippen LogP contribution in [0.2, 0.25) is 0 Å². The third-order valence-corrected chi connectivity index (χ3v) is 1.42. The van der Waals surface area contributed by atoms with Crippen molar-refractivity contribution in [3.8, 4) is 0 Å². The van der Waals surface area contributed by atoms with Crippen LogP contribution in [0.3, 0.4) is 0 Å². The molecule has 0 rings (SSSR count). The van der Waals surface area contributed by atoms with Crippen LogP contribution in [0.1, 0.15) is 20.8 Å². The van der Waals surface area contributed by atoms with E-state index in [1.54, 1.807) is 12.3 Å². The van der Waals surface area contributed by atoms with Crippen molar-refractivity contribution in [3.63, 3.8) is 0 Å². The van der Waals surface area contributed by atoms with Crippen molar-refractivity contribution >= 4 is 6.34 Å². The van der Waals surface area contributed by atoms with Crippen molar-refractivity contribution in [1.29, 1.82) is 5.53 Å². The average molecular weight is 165 g/mol. The Bertz CT molecular complexity index is 218. The van der Waals surface area contributed by atoms with Gasteiger partial charge in [0.25, 0.3) is 0 Å². The molecule has 3 nitrogen and oxygen atoms in total. The fourth-order valence-electron chi connectivity index (χ4n) is 0.700. The van der Waals surface area contributed by atoms with E-state index >= 15 is 0 Å². The third-order valence-electron chi connectivity index (χ3n) is 1.42. The molecule has 3 heteroatoms. The number of hydrogen-bond acceptors (Lipinski definition) is 2. The zero-order chi connectivity index (χ0) is 9.61. The largest absolute Gasteiger partial charge is 0.243 e. The van der Waals surface area contributed by atoms with Crippen molar-refractivity contribution in [3.05, 3.63) is 24.4 Å². The predicted molar refractivity (Wildman–Crippen MR) is 51.4 cm³/mol. The summed E-state index contributed by atoms with van der Waals surface area (Å²) in [5.74, 6) is 0. The SMILES string of the molecule is C=C/C(=C\N=C/N=N)C(C)(C)C. The molecule has 0 aromatic heterocycles. The van der Waals surface area contributed by atoms with Crippen LogP contribution < -0.4 is 0 Å². The summed E-state index contributed by atoms with van der Waals surface area (Å²) in [6.45, 7) is 9.92. The first-order valence-electron chi connectivity index (χ1n) is 3.73. The lowest BCUT2D eigenvalue weighted by molar-refractivity contribution is 0.516. The first kappa shape index (κ1) is 10.8. The Kier molecular flexibility index (Phi) is 4.11. The number of rotatable bonds is 3. The van der Waals surface area contributed by atoms with E-state index in [1.807, 2.05) is 0 Å².